The summed E-state index contributed by atoms with van der Waals surface area (Å²) in [5.41, 5.74) is 1.47. The molecule has 1 aromatic heterocycles. The van der Waals surface area contributed by atoms with Gasteiger partial charge in [-0.05, 0) is 44.4 Å². The molecule has 0 spiro atoms. The van der Waals surface area contributed by atoms with Gasteiger partial charge in [0.15, 0.2) is 0 Å². The van der Waals surface area contributed by atoms with E-state index in [-0.39, 0.29) is 31.0 Å². The van der Waals surface area contributed by atoms with Crippen LogP contribution in [0, 0.1) is 19.8 Å². The van der Waals surface area contributed by atoms with Gasteiger partial charge in [-0.25, -0.2) is 4.98 Å². The van der Waals surface area contributed by atoms with Gasteiger partial charge >= 0.3 is 6.18 Å². The van der Waals surface area contributed by atoms with Crippen LogP contribution in [0.5, 0.6) is 0 Å². The first-order valence-corrected chi connectivity index (χ1v) is 9.39. The molecular formula is C20H23F3N4O2. The highest BCUT2D eigenvalue weighted by Gasteiger charge is 2.42. The highest BCUT2D eigenvalue weighted by atomic mass is 19.4. The fourth-order valence-corrected chi connectivity index (χ4v) is 3.42. The van der Waals surface area contributed by atoms with Crippen molar-refractivity contribution in [1.82, 2.24) is 14.5 Å². The molecule has 0 saturated carbocycles. The molecule has 0 aliphatic carbocycles. The first-order chi connectivity index (χ1) is 13.6. The SMILES string of the molecule is Cc1ccc(C(=O)N2CCCC(C(F)(F)F)C2)cc1NC(=O)Cn1ccnc1C. The van der Waals surface area contributed by atoms with Gasteiger partial charge in [-0.2, -0.15) is 13.2 Å². The van der Waals surface area contributed by atoms with E-state index in [1.165, 1.54) is 11.0 Å². The minimum absolute atomic E-state index is 0.0378. The number of nitrogens with one attached hydrogen (secondary N) is 1. The number of rotatable bonds is 4. The molecule has 1 saturated heterocycles. The summed E-state index contributed by atoms with van der Waals surface area (Å²) >= 11 is 0. The van der Waals surface area contributed by atoms with Crippen LogP contribution in [0.25, 0.3) is 0 Å². The van der Waals surface area contributed by atoms with E-state index in [0.717, 1.165) is 5.56 Å². The van der Waals surface area contributed by atoms with Crippen LogP contribution >= 0.6 is 0 Å². The predicted octanol–water partition coefficient (Wildman–Crippen LogP) is 3.55. The van der Waals surface area contributed by atoms with Crippen molar-refractivity contribution in [3.05, 3.63) is 47.5 Å². The molecule has 2 amide bonds. The van der Waals surface area contributed by atoms with E-state index in [9.17, 15) is 22.8 Å². The Balaban J connectivity index is 1.72. The van der Waals surface area contributed by atoms with Crippen LogP contribution < -0.4 is 5.32 Å². The summed E-state index contributed by atoms with van der Waals surface area (Å²) in [5.74, 6) is -1.54. The lowest BCUT2D eigenvalue weighted by Gasteiger charge is -2.33. The Morgan fingerprint density at radius 1 is 1.28 bits per heavy atom. The van der Waals surface area contributed by atoms with Gasteiger partial charge in [0.2, 0.25) is 5.91 Å². The maximum absolute atomic E-state index is 13.0. The fourth-order valence-electron chi connectivity index (χ4n) is 3.42. The van der Waals surface area contributed by atoms with Crippen molar-refractivity contribution in [3.63, 3.8) is 0 Å². The van der Waals surface area contributed by atoms with E-state index < -0.39 is 18.0 Å². The molecular weight excluding hydrogens is 385 g/mol. The highest BCUT2D eigenvalue weighted by molar-refractivity contribution is 5.97. The van der Waals surface area contributed by atoms with Gasteiger partial charge in [0.25, 0.3) is 5.91 Å². The monoisotopic (exact) mass is 408 g/mol. The second-order valence-electron chi connectivity index (χ2n) is 7.31. The van der Waals surface area contributed by atoms with E-state index in [1.54, 1.807) is 42.9 Å². The average molecular weight is 408 g/mol. The largest absolute Gasteiger partial charge is 0.393 e. The number of nitrogens with zero attached hydrogens (tertiary/aromatic N) is 3. The van der Waals surface area contributed by atoms with Gasteiger partial charge in [0, 0.05) is 36.7 Å². The van der Waals surface area contributed by atoms with Gasteiger partial charge in [-0.1, -0.05) is 6.07 Å². The normalized spacial score (nSPS) is 17.3. The second kappa shape index (κ2) is 8.26. The first kappa shape index (κ1) is 20.9. The maximum atomic E-state index is 13.0. The van der Waals surface area contributed by atoms with Crippen LogP contribution in [-0.4, -0.2) is 45.5 Å². The fraction of sp³-hybridized carbons (Fsp3) is 0.450. The van der Waals surface area contributed by atoms with Crippen LogP contribution in [0.2, 0.25) is 0 Å². The topological polar surface area (TPSA) is 67.2 Å². The molecule has 6 nitrogen and oxygen atoms in total. The Morgan fingerprint density at radius 2 is 2.03 bits per heavy atom. The molecule has 0 radical (unpaired) electrons. The standard InChI is InChI=1S/C20H23F3N4O2/c1-13-5-6-15(19(29)27-8-3-4-16(11-27)20(21,22)23)10-17(13)25-18(28)12-26-9-7-24-14(26)2/h5-7,9-10,16H,3-4,8,11-12H2,1-2H3,(H,25,28). The zero-order valence-corrected chi connectivity index (χ0v) is 16.3. The van der Waals surface area contributed by atoms with E-state index >= 15 is 0 Å². The summed E-state index contributed by atoms with van der Waals surface area (Å²) < 4.78 is 40.8. The Morgan fingerprint density at radius 3 is 2.69 bits per heavy atom. The summed E-state index contributed by atoms with van der Waals surface area (Å²) in [6.07, 6.45) is -0.669. The van der Waals surface area contributed by atoms with Crippen molar-refractivity contribution >= 4 is 17.5 Å². The number of alkyl halides is 3. The molecule has 2 aromatic rings. The molecule has 3 rings (SSSR count). The van der Waals surface area contributed by atoms with Crippen LogP contribution in [-0.2, 0) is 11.3 Å². The van der Waals surface area contributed by atoms with Crippen molar-refractivity contribution in [1.29, 1.82) is 0 Å². The zero-order valence-electron chi connectivity index (χ0n) is 16.3. The lowest BCUT2D eigenvalue weighted by atomic mass is 9.96. The maximum Gasteiger partial charge on any atom is 0.393 e. The number of imidazole rings is 1. The lowest BCUT2D eigenvalue weighted by molar-refractivity contribution is -0.184. The Hall–Kier alpha value is -2.84. The number of hydrogen-bond donors (Lipinski definition) is 1. The lowest BCUT2D eigenvalue weighted by Crippen LogP contribution is -2.44. The number of amides is 2. The summed E-state index contributed by atoms with van der Waals surface area (Å²) in [5, 5.41) is 2.77. The molecule has 0 bridgehead atoms. The molecule has 1 fully saturated rings. The van der Waals surface area contributed by atoms with Gasteiger partial charge in [0.1, 0.15) is 12.4 Å². The second-order valence-corrected chi connectivity index (χ2v) is 7.31. The van der Waals surface area contributed by atoms with Crippen molar-refractivity contribution in [3.8, 4) is 0 Å². The quantitative estimate of drug-likeness (QED) is 0.841. The number of carbonyl (C=O) groups excluding carboxylic acids is 2. The summed E-state index contributed by atoms with van der Waals surface area (Å²) in [6.45, 7) is 3.60. The third-order valence-electron chi connectivity index (χ3n) is 5.17. The van der Waals surface area contributed by atoms with Gasteiger partial charge < -0.3 is 14.8 Å². The van der Waals surface area contributed by atoms with Gasteiger partial charge in [0.05, 0.1) is 5.92 Å². The number of carbonyl (C=O) groups is 2. The van der Waals surface area contributed by atoms with Crippen LogP contribution in [0.15, 0.2) is 30.6 Å². The van der Waals surface area contributed by atoms with Crippen molar-refractivity contribution in [2.24, 2.45) is 5.92 Å². The molecule has 1 aliphatic heterocycles. The Kier molecular flexibility index (Phi) is 5.95. The first-order valence-electron chi connectivity index (χ1n) is 9.39. The number of likely N-dealkylation sites (tertiary alicyclic amines) is 1. The number of piperidine rings is 1. The number of aryl methyl sites for hydroxylation is 2. The van der Waals surface area contributed by atoms with Crippen molar-refractivity contribution in [2.45, 2.75) is 39.4 Å². The smallest absolute Gasteiger partial charge is 0.338 e. The van der Waals surface area contributed by atoms with Gasteiger partial charge in [-0.3, -0.25) is 9.59 Å². The Labute approximate surface area is 166 Å². The van der Waals surface area contributed by atoms with E-state index in [1.807, 2.05) is 0 Å². The molecule has 1 atom stereocenters. The Bertz CT molecular complexity index is 907. The van der Waals surface area contributed by atoms with Crippen molar-refractivity contribution < 1.29 is 22.8 Å². The number of benzene rings is 1. The third kappa shape index (κ3) is 4.96. The predicted molar refractivity (Wildman–Crippen MR) is 101 cm³/mol. The van der Waals surface area contributed by atoms with E-state index in [0.29, 0.717) is 24.5 Å². The molecule has 1 aliphatic rings. The average Bonchev–Trinajstić information content (AvgIpc) is 3.07. The number of halogens is 3. The van der Waals surface area contributed by atoms with E-state index in [2.05, 4.69) is 10.3 Å². The molecule has 9 heteroatoms. The molecule has 156 valence electrons. The minimum atomic E-state index is -4.31. The third-order valence-corrected chi connectivity index (χ3v) is 5.17. The minimum Gasteiger partial charge on any atom is -0.338 e. The van der Waals surface area contributed by atoms with Gasteiger partial charge in [-0.15, -0.1) is 0 Å². The van der Waals surface area contributed by atoms with Crippen molar-refractivity contribution in [2.75, 3.05) is 18.4 Å². The van der Waals surface area contributed by atoms with Crippen LogP contribution in [0.3, 0.4) is 0 Å². The zero-order chi connectivity index (χ0) is 21.2. The summed E-state index contributed by atoms with van der Waals surface area (Å²) in [4.78, 5) is 30.4. The number of anilines is 1. The van der Waals surface area contributed by atoms with E-state index in [4.69, 9.17) is 0 Å². The highest BCUT2D eigenvalue weighted by Crippen LogP contribution is 2.33. The molecule has 2 heterocycles. The molecule has 1 N–H and O–H groups in total. The molecule has 1 aromatic carbocycles. The molecule has 1 unspecified atom stereocenters. The van der Waals surface area contributed by atoms with Crippen LogP contribution in [0.1, 0.15) is 34.6 Å². The number of hydrogen-bond acceptors (Lipinski definition) is 3. The van der Waals surface area contributed by atoms with Crippen LogP contribution in [0.4, 0.5) is 18.9 Å². The number of aromatic nitrogens is 2. The molecule has 29 heavy (non-hydrogen) atoms. The summed E-state index contributed by atoms with van der Waals surface area (Å²) in [6, 6.07) is 4.77. The summed E-state index contributed by atoms with van der Waals surface area (Å²) in [7, 11) is 0.